The molecule has 0 unspecified atom stereocenters. The van der Waals surface area contributed by atoms with Crippen molar-refractivity contribution in [2.24, 2.45) is 5.92 Å². The number of amides is 2. The topological polar surface area (TPSA) is 68.3 Å². The summed E-state index contributed by atoms with van der Waals surface area (Å²) in [4.78, 5) is 34.4. The van der Waals surface area contributed by atoms with E-state index in [1.54, 1.807) is 55.7 Å². The summed E-state index contributed by atoms with van der Waals surface area (Å²) >= 11 is 5.99. The zero-order valence-corrected chi connectivity index (χ0v) is 18.7. The Balaban J connectivity index is 1.62. The third-order valence-electron chi connectivity index (χ3n) is 5.97. The summed E-state index contributed by atoms with van der Waals surface area (Å²) in [6.45, 7) is 0. The van der Waals surface area contributed by atoms with Gasteiger partial charge in [-0.2, -0.15) is 0 Å². The number of para-hydroxylation sites is 1. The first-order valence-electron chi connectivity index (χ1n) is 10.4. The second-order valence-electron chi connectivity index (χ2n) is 7.75. The number of hydroxylamine groups is 1. The number of imide groups is 1. The summed E-state index contributed by atoms with van der Waals surface area (Å²) in [6.07, 6.45) is -0.967. The van der Waals surface area contributed by atoms with Crippen LogP contribution in [0.3, 0.4) is 0 Å². The molecule has 2 saturated heterocycles. The number of benzene rings is 3. The highest BCUT2D eigenvalue weighted by atomic mass is 35.5. The van der Waals surface area contributed by atoms with Crippen LogP contribution in [0, 0.1) is 5.92 Å². The third-order valence-corrected chi connectivity index (χ3v) is 6.22. The van der Waals surface area contributed by atoms with E-state index in [4.69, 9.17) is 25.9 Å². The Bertz CT molecular complexity index is 1200. The number of carbonyl (C=O) groups excluding carboxylic acids is 2. The lowest BCUT2D eigenvalue weighted by atomic mass is 9.90. The van der Waals surface area contributed by atoms with Gasteiger partial charge in [-0.25, -0.2) is 9.96 Å². The third kappa shape index (κ3) is 3.50. The summed E-state index contributed by atoms with van der Waals surface area (Å²) in [5, 5.41) is 2.15. The van der Waals surface area contributed by atoms with Gasteiger partial charge in [0.05, 0.1) is 31.6 Å². The molecule has 7 nitrogen and oxygen atoms in total. The molecule has 0 saturated carbocycles. The van der Waals surface area contributed by atoms with E-state index < -0.39 is 24.0 Å². The maximum absolute atomic E-state index is 13.7. The predicted molar refractivity (Wildman–Crippen MR) is 124 cm³/mol. The molecule has 0 aromatic heterocycles. The second-order valence-corrected chi connectivity index (χ2v) is 8.19. The number of methoxy groups -OCH3 is 2. The number of halogens is 1. The SMILES string of the molecule is COc1ccc([C@H]2[C@@H]3C(=O)N(c4ccc(Cl)cc4)C(=O)[C@@H]3ON2c2ccccc2)c(OC)c1. The van der Waals surface area contributed by atoms with Crippen molar-refractivity contribution < 1.29 is 23.9 Å². The normalized spacial score (nSPS) is 22.0. The van der Waals surface area contributed by atoms with Gasteiger partial charge < -0.3 is 9.47 Å². The van der Waals surface area contributed by atoms with Crippen molar-refractivity contribution in [3.63, 3.8) is 0 Å². The molecule has 2 fully saturated rings. The first kappa shape index (κ1) is 21.3. The van der Waals surface area contributed by atoms with E-state index >= 15 is 0 Å². The number of hydrogen-bond donors (Lipinski definition) is 0. The van der Waals surface area contributed by atoms with Crippen LogP contribution in [0.2, 0.25) is 5.02 Å². The van der Waals surface area contributed by atoms with Crippen molar-refractivity contribution in [2.75, 3.05) is 24.2 Å². The van der Waals surface area contributed by atoms with E-state index in [2.05, 4.69) is 0 Å². The molecule has 0 N–H and O–H groups in total. The second kappa shape index (κ2) is 8.42. The van der Waals surface area contributed by atoms with Gasteiger partial charge in [0, 0.05) is 16.7 Å². The Morgan fingerprint density at radius 2 is 1.58 bits per heavy atom. The van der Waals surface area contributed by atoms with Crippen molar-refractivity contribution in [3.8, 4) is 11.5 Å². The largest absolute Gasteiger partial charge is 0.497 e. The minimum Gasteiger partial charge on any atom is -0.497 e. The molecule has 2 heterocycles. The number of hydrogen-bond acceptors (Lipinski definition) is 6. The van der Waals surface area contributed by atoms with Crippen LogP contribution in [0.25, 0.3) is 0 Å². The summed E-state index contributed by atoms with van der Waals surface area (Å²) in [5.74, 6) is -0.365. The number of anilines is 2. The zero-order chi connectivity index (χ0) is 23.1. The molecule has 2 aliphatic rings. The molecule has 8 heteroatoms. The summed E-state index contributed by atoms with van der Waals surface area (Å²) in [5.41, 5.74) is 1.90. The number of carbonyl (C=O) groups is 2. The minimum atomic E-state index is -0.967. The van der Waals surface area contributed by atoms with E-state index in [9.17, 15) is 9.59 Å². The van der Waals surface area contributed by atoms with E-state index in [-0.39, 0.29) is 5.91 Å². The van der Waals surface area contributed by atoms with E-state index in [1.165, 1.54) is 4.90 Å². The van der Waals surface area contributed by atoms with Crippen molar-refractivity contribution >= 4 is 34.8 Å². The molecule has 3 aromatic carbocycles. The van der Waals surface area contributed by atoms with Gasteiger partial charge in [0.1, 0.15) is 17.4 Å². The summed E-state index contributed by atoms with van der Waals surface area (Å²) in [7, 11) is 3.13. The van der Waals surface area contributed by atoms with Crippen LogP contribution in [0.4, 0.5) is 11.4 Å². The van der Waals surface area contributed by atoms with Crippen LogP contribution in [0.15, 0.2) is 72.8 Å². The fourth-order valence-corrected chi connectivity index (χ4v) is 4.56. The summed E-state index contributed by atoms with van der Waals surface area (Å²) in [6, 6.07) is 20.8. The van der Waals surface area contributed by atoms with Gasteiger partial charge in [-0.1, -0.05) is 29.8 Å². The van der Waals surface area contributed by atoms with Gasteiger partial charge in [0.2, 0.25) is 5.91 Å². The fourth-order valence-electron chi connectivity index (χ4n) is 4.44. The highest BCUT2D eigenvalue weighted by molar-refractivity contribution is 6.31. The highest BCUT2D eigenvalue weighted by Gasteiger charge is 2.60. The van der Waals surface area contributed by atoms with Crippen LogP contribution in [0.1, 0.15) is 11.6 Å². The lowest BCUT2D eigenvalue weighted by molar-refractivity contribution is -0.126. The van der Waals surface area contributed by atoms with E-state index in [1.807, 2.05) is 36.4 Å². The van der Waals surface area contributed by atoms with Crippen molar-refractivity contribution in [3.05, 3.63) is 83.4 Å². The Morgan fingerprint density at radius 1 is 0.848 bits per heavy atom. The van der Waals surface area contributed by atoms with Gasteiger partial charge in [-0.05, 0) is 48.5 Å². The smallest absolute Gasteiger partial charge is 0.266 e. The molecule has 2 amide bonds. The zero-order valence-electron chi connectivity index (χ0n) is 18.0. The molecule has 5 rings (SSSR count). The van der Waals surface area contributed by atoms with Crippen LogP contribution in [-0.2, 0) is 14.4 Å². The fraction of sp³-hybridized carbons (Fsp3) is 0.200. The van der Waals surface area contributed by atoms with Gasteiger partial charge in [0.25, 0.3) is 5.91 Å². The van der Waals surface area contributed by atoms with Crippen LogP contribution < -0.4 is 19.4 Å². The standard InChI is InChI=1S/C25H21ClN2O5/c1-31-18-12-13-19(20(14-18)32-2)22-21-23(33-28(22)17-6-4-3-5-7-17)25(30)27(24(21)29)16-10-8-15(26)9-11-16/h3-14,21-23H,1-2H3/t21-,22-,23+/m0/s1. The first-order valence-corrected chi connectivity index (χ1v) is 10.8. The van der Waals surface area contributed by atoms with Gasteiger partial charge in [0.15, 0.2) is 6.10 Å². The number of rotatable bonds is 5. The molecule has 0 aliphatic carbocycles. The highest BCUT2D eigenvalue weighted by Crippen LogP contribution is 2.50. The van der Waals surface area contributed by atoms with Crippen LogP contribution >= 0.6 is 11.6 Å². The van der Waals surface area contributed by atoms with Gasteiger partial charge in [-0.15, -0.1) is 0 Å². The molecular weight excluding hydrogens is 444 g/mol. The molecule has 0 radical (unpaired) electrons. The molecular formula is C25H21ClN2O5. The molecule has 33 heavy (non-hydrogen) atoms. The number of nitrogens with zero attached hydrogens (tertiary/aromatic N) is 2. The van der Waals surface area contributed by atoms with E-state index in [0.717, 1.165) is 5.69 Å². The van der Waals surface area contributed by atoms with Crippen molar-refractivity contribution in [1.82, 2.24) is 0 Å². The first-order chi connectivity index (χ1) is 16.0. The van der Waals surface area contributed by atoms with Crippen LogP contribution in [-0.4, -0.2) is 32.1 Å². The molecule has 0 bridgehead atoms. The Labute approximate surface area is 196 Å². The van der Waals surface area contributed by atoms with Gasteiger partial charge >= 0.3 is 0 Å². The van der Waals surface area contributed by atoms with Crippen LogP contribution in [0.5, 0.6) is 11.5 Å². The Hall–Kier alpha value is -3.55. The summed E-state index contributed by atoms with van der Waals surface area (Å²) < 4.78 is 11.0. The molecule has 2 aliphatic heterocycles. The molecule has 3 aromatic rings. The lowest BCUT2D eigenvalue weighted by Gasteiger charge is -2.29. The maximum atomic E-state index is 13.7. The monoisotopic (exact) mass is 464 g/mol. The molecule has 3 atom stereocenters. The van der Waals surface area contributed by atoms with Crippen molar-refractivity contribution in [1.29, 1.82) is 0 Å². The average molecular weight is 465 g/mol. The quantitative estimate of drug-likeness (QED) is 0.521. The number of ether oxygens (including phenoxy) is 2. The minimum absolute atomic E-state index is 0.339. The van der Waals surface area contributed by atoms with E-state index in [0.29, 0.717) is 27.8 Å². The molecule has 0 spiro atoms. The number of fused-ring (bicyclic) bond motifs is 1. The Kier molecular flexibility index (Phi) is 5.44. The molecule has 168 valence electrons. The lowest BCUT2D eigenvalue weighted by Crippen LogP contribution is -2.37. The maximum Gasteiger partial charge on any atom is 0.266 e. The predicted octanol–water partition coefficient (Wildman–Crippen LogP) is 4.41. The average Bonchev–Trinajstić information content (AvgIpc) is 3.35. The Morgan fingerprint density at radius 3 is 2.24 bits per heavy atom. The van der Waals surface area contributed by atoms with Gasteiger partial charge in [-0.3, -0.25) is 14.4 Å². The van der Waals surface area contributed by atoms with Crippen molar-refractivity contribution in [2.45, 2.75) is 12.1 Å².